The lowest BCUT2D eigenvalue weighted by molar-refractivity contribution is -0.169. The van der Waals surface area contributed by atoms with E-state index in [1.165, 1.54) is 31.1 Å². The van der Waals surface area contributed by atoms with Crippen LogP contribution in [-0.2, 0) is 19.2 Å². The SMILES string of the molecule is CC1c2ccc(NC(=O)C(Br)CS)c(O)c2C(O)=C2C(=O)[C@]3(O)C(O)=C(C(N)=O)C(=O)[C@@H](N(C)C)C3C(O)C21. The first-order chi connectivity index (χ1) is 18.1. The van der Waals surface area contributed by atoms with Crippen LogP contribution in [0.2, 0.25) is 0 Å². The number of ketones is 2. The summed E-state index contributed by atoms with van der Waals surface area (Å²) in [5.41, 5.74) is 0.812. The van der Waals surface area contributed by atoms with Gasteiger partial charge in [-0.25, -0.2) is 0 Å². The highest BCUT2D eigenvalue weighted by molar-refractivity contribution is 9.10. The number of hydrogen-bond donors (Lipinski definition) is 8. The summed E-state index contributed by atoms with van der Waals surface area (Å²) >= 11 is 7.18. The van der Waals surface area contributed by atoms with Gasteiger partial charge < -0.3 is 36.6 Å². The smallest absolute Gasteiger partial charge is 0.255 e. The summed E-state index contributed by atoms with van der Waals surface area (Å²) in [6.07, 6.45) is -1.69. The zero-order valence-electron chi connectivity index (χ0n) is 21.0. The molecule has 3 aliphatic carbocycles. The van der Waals surface area contributed by atoms with Gasteiger partial charge >= 0.3 is 0 Å². The Kier molecular flexibility index (Phi) is 7.40. The molecule has 1 fully saturated rings. The molecule has 0 aromatic heterocycles. The van der Waals surface area contributed by atoms with Gasteiger partial charge in [0.15, 0.2) is 11.4 Å². The van der Waals surface area contributed by atoms with Gasteiger partial charge in [0.05, 0.1) is 29.3 Å². The van der Waals surface area contributed by atoms with Crippen molar-refractivity contribution in [3.8, 4) is 5.75 Å². The van der Waals surface area contributed by atoms with Crippen molar-refractivity contribution in [1.29, 1.82) is 0 Å². The molecule has 1 aromatic carbocycles. The second-order valence-electron chi connectivity index (χ2n) is 10.1. The Morgan fingerprint density at radius 2 is 1.85 bits per heavy atom. The Bertz CT molecular complexity index is 1380. The van der Waals surface area contributed by atoms with Crippen LogP contribution < -0.4 is 11.1 Å². The number of nitrogens with zero attached hydrogens (tertiary/aromatic N) is 1. The molecular weight excluding hydrogens is 598 g/mol. The number of aliphatic hydroxyl groups excluding tert-OH is 3. The number of primary amides is 1. The lowest BCUT2D eigenvalue weighted by Crippen LogP contribution is -2.70. The van der Waals surface area contributed by atoms with Crippen LogP contribution in [0.5, 0.6) is 5.75 Å². The molecule has 0 bridgehead atoms. The average molecular weight is 626 g/mol. The number of phenols is 1. The summed E-state index contributed by atoms with van der Waals surface area (Å²) in [6.45, 7) is 1.61. The number of benzene rings is 1. The monoisotopic (exact) mass is 625 g/mol. The number of alkyl halides is 1. The number of aliphatic hydroxyl groups is 4. The van der Waals surface area contributed by atoms with Crippen molar-refractivity contribution in [2.24, 2.45) is 17.6 Å². The molecule has 39 heavy (non-hydrogen) atoms. The molecular formula is C25H28BrN3O9S. The van der Waals surface area contributed by atoms with E-state index < -0.39 is 92.1 Å². The molecule has 4 rings (SSSR count). The van der Waals surface area contributed by atoms with Crippen molar-refractivity contribution in [3.63, 3.8) is 0 Å². The van der Waals surface area contributed by atoms with Crippen LogP contribution >= 0.6 is 28.6 Å². The second kappa shape index (κ2) is 9.93. The van der Waals surface area contributed by atoms with Gasteiger partial charge in [0, 0.05) is 17.2 Å². The largest absolute Gasteiger partial charge is 0.508 e. The fourth-order valence-corrected chi connectivity index (χ4v) is 6.29. The van der Waals surface area contributed by atoms with Gasteiger partial charge in [-0.15, -0.1) is 0 Å². The van der Waals surface area contributed by atoms with E-state index in [-0.39, 0.29) is 17.0 Å². The number of anilines is 1. The molecule has 7 atom stereocenters. The highest BCUT2D eigenvalue weighted by Gasteiger charge is 2.68. The first kappa shape index (κ1) is 29.1. The maximum Gasteiger partial charge on any atom is 0.255 e. The highest BCUT2D eigenvalue weighted by atomic mass is 79.9. The van der Waals surface area contributed by atoms with Crippen LogP contribution in [0, 0.1) is 11.8 Å². The maximum absolute atomic E-state index is 14.0. The van der Waals surface area contributed by atoms with Gasteiger partial charge in [-0.3, -0.25) is 24.1 Å². The quantitative estimate of drug-likeness (QED) is 0.0958. The normalized spacial score (nSPS) is 31.0. The molecule has 1 saturated carbocycles. The molecule has 1 aromatic rings. The van der Waals surface area contributed by atoms with Crippen molar-refractivity contribution < 1.29 is 44.7 Å². The third-order valence-electron chi connectivity index (χ3n) is 7.83. The number of hydrogen-bond acceptors (Lipinski definition) is 11. The molecule has 3 aliphatic rings. The Labute approximate surface area is 236 Å². The topological polar surface area (TPSA) is 211 Å². The van der Waals surface area contributed by atoms with Crippen molar-refractivity contribution in [3.05, 3.63) is 40.2 Å². The average Bonchev–Trinajstić information content (AvgIpc) is 2.86. The van der Waals surface area contributed by atoms with Gasteiger partial charge in [0.2, 0.25) is 11.7 Å². The zero-order valence-corrected chi connectivity index (χ0v) is 23.5. The third kappa shape index (κ3) is 3.99. The van der Waals surface area contributed by atoms with Gasteiger partial charge in [0.25, 0.3) is 5.91 Å². The molecule has 0 heterocycles. The van der Waals surface area contributed by atoms with E-state index in [1.54, 1.807) is 6.92 Å². The Morgan fingerprint density at radius 3 is 2.38 bits per heavy atom. The number of likely N-dealkylation sites (N-methyl/N-ethyl adjacent to an activating group) is 1. The number of aromatic hydroxyl groups is 1. The van der Waals surface area contributed by atoms with Gasteiger partial charge in [0.1, 0.15) is 27.7 Å². The molecule has 0 aliphatic heterocycles. The second-order valence-corrected chi connectivity index (χ2v) is 11.6. The number of rotatable bonds is 5. The van der Waals surface area contributed by atoms with Crippen molar-refractivity contribution in [2.45, 2.75) is 35.4 Å². The number of thiol groups is 1. The number of Topliss-reactive ketones (excluding diaryl/α,β-unsaturated/α-hetero) is 2. The van der Waals surface area contributed by atoms with Crippen molar-refractivity contribution in [2.75, 3.05) is 25.2 Å². The van der Waals surface area contributed by atoms with Crippen LogP contribution in [0.4, 0.5) is 5.69 Å². The summed E-state index contributed by atoms with van der Waals surface area (Å²) in [4.78, 5) is 52.2. The molecule has 0 saturated heterocycles. The van der Waals surface area contributed by atoms with Crippen LogP contribution in [0.25, 0.3) is 5.76 Å². The number of amides is 2. The first-order valence-electron chi connectivity index (χ1n) is 11.9. The number of carbonyl (C=O) groups excluding carboxylic acids is 4. The number of carbonyl (C=O) groups is 4. The van der Waals surface area contributed by atoms with Crippen molar-refractivity contribution >= 4 is 63.4 Å². The fourth-order valence-electron chi connectivity index (χ4n) is 6.01. The number of halogens is 1. The van der Waals surface area contributed by atoms with Gasteiger partial charge in [-0.2, -0.15) is 12.6 Å². The maximum atomic E-state index is 14.0. The summed E-state index contributed by atoms with van der Waals surface area (Å²) in [5.74, 6) is -10.3. The van der Waals surface area contributed by atoms with Crippen molar-refractivity contribution in [1.82, 2.24) is 4.90 Å². The number of fused-ring (bicyclic) bond motifs is 3. The summed E-state index contributed by atoms with van der Waals surface area (Å²) in [6, 6.07) is 1.47. The molecule has 2 amide bonds. The van der Waals surface area contributed by atoms with E-state index in [2.05, 4.69) is 33.9 Å². The van der Waals surface area contributed by atoms with Crippen LogP contribution in [0.3, 0.4) is 0 Å². The van der Waals surface area contributed by atoms with E-state index in [1.807, 2.05) is 0 Å². The first-order valence-corrected chi connectivity index (χ1v) is 13.4. The van der Waals surface area contributed by atoms with E-state index in [4.69, 9.17) is 5.73 Å². The van der Waals surface area contributed by atoms with Crippen LogP contribution in [0.15, 0.2) is 29.0 Å². The van der Waals surface area contributed by atoms with Gasteiger partial charge in [-0.1, -0.05) is 28.9 Å². The molecule has 8 N–H and O–H groups in total. The minimum Gasteiger partial charge on any atom is -0.508 e. The molecule has 210 valence electrons. The van der Waals surface area contributed by atoms with E-state index in [0.29, 0.717) is 5.56 Å². The summed E-state index contributed by atoms with van der Waals surface area (Å²) in [5, 5.41) is 59.0. The van der Waals surface area contributed by atoms with Crippen LogP contribution in [-0.4, -0.2) is 96.2 Å². The number of nitrogens with two attached hydrogens (primary N) is 1. The van der Waals surface area contributed by atoms with E-state index in [0.717, 1.165) is 0 Å². The minimum atomic E-state index is -3.00. The fraction of sp³-hybridized carbons (Fsp3) is 0.440. The molecule has 0 spiro atoms. The standard InChI is InChI=1S/C25H28BrN3O9S/c1-7-8-4-5-10(28-24(37)9(26)6-39)17(30)12(8)18(31)13-11(7)19(32)15-16(29(2)3)20(33)14(23(27)36)22(35)25(15,38)21(13)34/h4-5,7,9,11,15-16,19,30-32,35,38-39H,6H2,1-3H3,(H2,27,36)(H,28,37)/t7?,9?,11?,15?,16-,19?,25-/m0/s1. The van der Waals surface area contributed by atoms with E-state index >= 15 is 0 Å². The predicted molar refractivity (Wildman–Crippen MR) is 146 cm³/mol. The Balaban J connectivity index is 1.97. The molecule has 12 nitrogen and oxygen atoms in total. The molecule has 14 heteroatoms. The van der Waals surface area contributed by atoms with Gasteiger partial charge in [-0.05, 0) is 31.6 Å². The number of nitrogens with one attached hydrogen (secondary N) is 1. The molecule has 0 radical (unpaired) electrons. The lowest BCUT2D eigenvalue weighted by Gasteiger charge is -2.53. The van der Waals surface area contributed by atoms with Crippen LogP contribution in [0.1, 0.15) is 24.0 Å². The summed E-state index contributed by atoms with van der Waals surface area (Å²) < 4.78 is 0. The predicted octanol–water partition coefficient (Wildman–Crippen LogP) is 0.128. The molecule has 5 unspecified atom stereocenters. The lowest BCUT2D eigenvalue weighted by atomic mass is 9.54. The van der Waals surface area contributed by atoms with E-state index in [9.17, 15) is 44.7 Å². The third-order valence-corrected chi connectivity index (χ3v) is 9.44. The highest BCUT2D eigenvalue weighted by Crippen LogP contribution is 2.56. The Morgan fingerprint density at radius 1 is 1.23 bits per heavy atom. The summed E-state index contributed by atoms with van der Waals surface area (Å²) in [7, 11) is 2.87. The number of phenolic OH excluding ortho intramolecular Hbond substituents is 1. The minimum absolute atomic E-state index is 0.0853. The Hall–Kier alpha value is -2.91. The zero-order chi connectivity index (χ0) is 29.3.